The summed E-state index contributed by atoms with van der Waals surface area (Å²) in [5.74, 6) is 0.421. The van der Waals surface area contributed by atoms with E-state index in [0.29, 0.717) is 0 Å². The van der Waals surface area contributed by atoms with Gasteiger partial charge in [-0.3, -0.25) is 0 Å². The molecule has 2 aliphatic rings. The molecule has 1 fully saturated rings. The van der Waals surface area contributed by atoms with Gasteiger partial charge in [-0.05, 0) is 6.42 Å². The Labute approximate surface area is 79.6 Å². The van der Waals surface area contributed by atoms with E-state index < -0.39 is 5.60 Å². The van der Waals surface area contributed by atoms with Crippen LogP contribution in [-0.2, 0) is 4.74 Å². The normalized spacial score (nSPS) is 54.2. The molecule has 2 aliphatic heterocycles. The summed E-state index contributed by atoms with van der Waals surface area (Å²) in [6, 6.07) is 0. The van der Waals surface area contributed by atoms with Gasteiger partial charge in [-0.15, -0.1) is 0 Å². The largest absolute Gasteiger partial charge is 0.389 e. The van der Waals surface area contributed by atoms with Gasteiger partial charge < -0.3 is 9.84 Å². The quantitative estimate of drug-likeness (QED) is 0.626. The van der Waals surface area contributed by atoms with E-state index >= 15 is 0 Å². The molecule has 13 heavy (non-hydrogen) atoms. The van der Waals surface area contributed by atoms with Crippen molar-refractivity contribution in [3.05, 3.63) is 12.2 Å². The van der Waals surface area contributed by atoms with Crippen molar-refractivity contribution in [3.63, 3.8) is 0 Å². The molecule has 0 spiro atoms. The predicted octanol–water partition coefficient (Wildman–Crippen LogP) is 1.74. The van der Waals surface area contributed by atoms with Crippen molar-refractivity contribution in [3.8, 4) is 0 Å². The third-order valence-electron chi connectivity index (χ3n) is 3.93. The first kappa shape index (κ1) is 9.22. The summed E-state index contributed by atoms with van der Waals surface area (Å²) in [5.41, 5.74) is -0.545. The second kappa shape index (κ2) is 2.82. The van der Waals surface area contributed by atoms with Crippen LogP contribution in [-0.4, -0.2) is 22.9 Å². The van der Waals surface area contributed by atoms with Crippen LogP contribution in [0.2, 0.25) is 0 Å². The van der Waals surface area contributed by atoms with E-state index in [9.17, 15) is 5.11 Å². The number of ether oxygens (including phenoxy) is 1. The summed E-state index contributed by atoms with van der Waals surface area (Å²) < 4.78 is 5.75. The first-order valence-electron chi connectivity index (χ1n) is 5.15. The molecule has 74 valence electrons. The molecular weight excluding hydrogens is 164 g/mol. The van der Waals surface area contributed by atoms with Gasteiger partial charge in [-0.25, -0.2) is 0 Å². The minimum absolute atomic E-state index is 0.131. The van der Waals surface area contributed by atoms with Gasteiger partial charge in [0.25, 0.3) is 0 Å². The van der Waals surface area contributed by atoms with Gasteiger partial charge in [0.15, 0.2) is 0 Å². The Morgan fingerprint density at radius 1 is 1.23 bits per heavy atom. The molecule has 1 saturated heterocycles. The molecule has 0 aromatic carbocycles. The third kappa shape index (κ3) is 1.09. The van der Waals surface area contributed by atoms with Crippen LogP contribution in [0.5, 0.6) is 0 Å². The monoisotopic (exact) mass is 182 g/mol. The highest BCUT2D eigenvalue weighted by atomic mass is 16.5. The van der Waals surface area contributed by atoms with Gasteiger partial charge in [0.05, 0.1) is 17.8 Å². The molecule has 0 aromatic heterocycles. The molecule has 5 atom stereocenters. The highest BCUT2D eigenvalue weighted by molar-refractivity contribution is 5.15. The standard InChI is InChI=1S/C11H18O2/c1-4-11(12)7(2)9-5-6-10(13-9)8(11)3/h5-10,12H,4H2,1-3H3/t7-,8+,9?,10?,11-. The molecule has 0 saturated carbocycles. The Hall–Kier alpha value is -0.340. The Balaban J connectivity index is 2.31. The molecular formula is C11H18O2. The Morgan fingerprint density at radius 3 is 2.08 bits per heavy atom. The highest BCUT2D eigenvalue weighted by Crippen LogP contribution is 2.44. The van der Waals surface area contributed by atoms with Gasteiger partial charge in [-0.1, -0.05) is 32.9 Å². The molecule has 2 rings (SSSR count). The van der Waals surface area contributed by atoms with E-state index in [1.165, 1.54) is 0 Å². The third-order valence-corrected chi connectivity index (χ3v) is 3.93. The van der Waals surface area contributed by atoms with Crippen LogP contribution in [0, 0.1) is 11.8 Å². The Kier molecular flexibility index (Phi) is 2.00. The average Bonchev–Trinajstić information content (AvgIpc) is 2.59. The Bertz CT molecular complexity index is 216. The molecule has 0 amide bonds. The fraction of sp³-hybridized carbons (Fsp3) is 0.818. The van der Waals surface area contributed by atoms with Gasteiger partial charge >= 0.3 is 0 Å². The lowest BCUT2D eigenvalue weighted by Gasteiger charge is -2.46. The van der Waals surface area contributed by atoms with Gasteiger partial charge in [-0.2, -0.15) is 0 Å². The number of hydrogen-bond acceptors (Lipinski definition) is 2. The molecule has 0 aromatic rings. The van der Waals surface area contributed by atoms with E-state index in [-0.39, 0.29) is 24.0 Å². The zero-order valence-electron chi connectivity index (χ0n) is 8.53. The van der Waals surface area contributed by atoms with Crippen molar-refractivity contribution < 1.29 is 9.84 Å². The molecule has 1 N–H and O–H groups in total. The van der Waals surface area contributed by atoms with Crippen molar-refractivity contribution >= 4 is 0 Å². The number of fused-ring (bicyclic) bond motifs is 2. The second-order valence-electron chi connectivity index (χ2n) is 4.37. The predicted molar refractivity (Wildman–Crippen MR) is 51.4 cm³/mol. The number of hydrogen-bond donors (Lipinski definition) is 1. The zero-order chi connectivity index (χ0) is 9.64. The summed E-state index contributed by atoms with van der Waals surface area (Å²) in [6.07, 6.45) is 5.27. The van der Waals surface area contributed by atoms with Gasteiger partial charge in [0.1, 0.15) is 0 Å². The fourth-order valence-corrected chi connectivity index (χ4v) is 2.69. The first-order valence-corrected chi connectivity index (χ1v) is 5.15. The smallest absolute Gasteiger partial charge is 0.0818 e. The number of aliphatic hydroxyl groups is 1. The average molecular weight is 182 g/mol. The molecule has 2 bridgehead atoms. The maximum atomic E-state index is 10.5. The number of rotatable bonds is 1. The van der Waals surface area contributed by atoms with Gasteiger partial charge in [0.2, 0.25) is 0 Å². The van der Waals surface area contributed by atoms with Crippen LogP contribution in [0.15, 0.2) is 12.2 Å². The van der Waals surface area contributed by atoms with Crippen LogP contribution in [0.25, 0.3) is 0 Å². The lowest BCUT2D eigenvalue weighted by atomic mass is 9.72. The van der Waals surface area contributed by atoms with Crippen LogP contribution in [0.1, 0.15) is 27.2 Å². The summed E-state index contributed by atoms with van der Waals surface area (Å²) in [5, 5.41) is 10.5. The van der Waals surface area contributed by atoms with Crippen LogP contribution in [0.4, 0.5) is 0 Å². The van der Waals surface area contributed by atoms with Crippen molar-refractivity contribution in [1.29, 1.82) is 0 Å². The van der Waals surface area contributed by atoms with Crippen molar-refractivity contribution in [2.24, 2.45) is 11.8 Å². The van der Waals surface area contributed by atoms with E-state index in [1.807, 2.05) is 0 Å². The summed E-state index contributed by atoms with van der Waals surface area (Å²) in [7, 11) is 0. The van der Waals surface area contributed by atoms with Crippen LogP contribution >= 0.6 is 0 Å². The van der Waals surface area contributed by atoms with Crippen molar-refractivity contribution in [1.82, 2.24) is 0 Å². The van der Waals surface area contributed by atoms with E-state index in [0.717, 1.165) is 6.42 Å². The lowest BCUT2D eigenvalue weighted by Crippen LogP contribution is -2.54. The van der Waals surface area contributed by atoms with E-state index in [1.54, 1.807) is 0 Å². The molecule has 2 nitrogen and oxygen atoms in total. The minimum atomic E-state index is -0.545. The SMILES string of the molecule is CC[C@@]1(O)[C@H](C)C2C=CC(O2)[C@@H]1C. The van der Waals surface area contributed by atoms with Crippen LogP contribution in [0.3, 0.4) is 0 Å². The van der Waals surface area contributed by atoms with Gasteiger partial charge in [0, 0.05) is 11.8 Å². The molecule has 2 heterocycles. The van der Waals surface area contributed by atoms with Crippen LogP contribution < -0.4 is 0 Å². The maximum Gasteiger partial charge on any atom is 0.0818 e. The Morgan fingerprint density at radius 2 is 1.69 bits per heavy atom. The highest BCUT2D eigenvalue weighted by Gasteiger charge is 2.51. The molecule has 2 unspecified atom stereocenters. The summed E-state index contributed by atoms with van der Waals surface area (Å²) >= 11 is 0. The summed E-state index contributed by atoms with van der Waals surface area (Å²) in [4.78, 5) is 0. The second-order valence-corrected chi connectivity index (χ2v) is 4.37. The van der Waals surface area contributed by atoms with Crippen molar-refractivity contribution in [2.75, 3.05) is 0 Å². The summed E-state index contributed by atoms with van der Waals surface area (Å²) in [6.45, 7) is 6.21. The minimum Gasteiger partial charge on any atom is -0.389 e. The lowest BCUT2D eigenvalue weighted by molar-refractivity contribution is -0.182. The first-order chi connectivity index (χ1) is 6.09. The van der Waals surface area contributed by atoms with E-state index in [2.05, 4.69) is 32.9 Å². The fourth-order valence-electron chi connectivity index (χ4n) is 2.69. The molecule has 2 heteroatoms. The van der Waals surface area contributed by atoms with Crippen molar-refractivity contribution in [2.45, 2.75) is 45.0 Å². The van der Waals surface area contributed by atoms with E-state index in [4.69, 9.17) is 4.74 Å². The topological polar surface area (TPSA) is 29.5 Å². The molecule has 0 radical (unpaired) electrons. The maximum absolute atomic E-state index is 10.5. The molecule has 0 aliphatic carbocycles. The zero-order valence-corrected chi connectivity index (χ0v) is 8.53.